The van der Waals surface area contributed by atoms with Gasteiger partial charge < -0.3 is 4.90 Å². The first-order chi connectivity index (χ1) is 9.54. The maximum Gasteiger partial charge on any atom is 0.243 e. The van der Waals surface area contributed by atoms with E-state index in [0.29, 0.717) is 18.9 Å². The Morgan fingerprint density at radius 1 is 1.25 bits per heavy atom. The van der Waals surface area contributed by atoms with Gasteiger partial charge in [0.15, 0.2) is 0 Å². The number of rotatable bonds is 6. The SMILES string of the molecule is CCCC(C#N)(CCC)C(=O)N1CCN(C)C(CC)C1. The molecule has 0 aromatic carbocycles. The van der Waals surface area contributed by atoms with Crippen LogP contribution >= 0.6 is 0 Å². The van der Waals surface area contributed by atoms with E-state index >= 15 is 0 Å². The first kappa shape index (κ1) is 17.0. The number of carbonyl (C=O) groups is 1. The van der Waals surface area contributed by atoms with Gasteiger partial charge in [-0.25, -0.2) is 0 Å². The van der Waals surface area contributed by atoms with Crippen LogP contribution < -0.4 is 0 Å². The number of nitrogens with zero attached hydrogens (tertiary/aromatic N) is 3. The summed E-state index contributed by atoms with van der Waals surface area (Å²) < 4.78 is 0. The highest BCUT2D eigenvalue weighted by Crippen LogP contribution is 2.32. The van der Waals surface area contributed by atoms with Crippen molar-refractivity contribution in [2.75, 3.05) is 26.7 Å². The van der Waals surface area contributed by atoms with E-state index in [1.807, 2.05) is 18.7 Å². The van der Waals surface area contributed by atoms with Gasteiger partial charge in [0, 0.05) is 25.7 Å². The number of likely N-dealkylation sites (N-methyl/N-ethyl adjacent to an activating group) is 1. The highest BCUT2D eigenvalue weighted by atomic mass is 16.2. The molecule has 1 saturated heterocycles. The molecule has 1 aliphatic heterocycles. The predicted octanol–water partition coefficient (Wildman–Crippen LogP) is 2.65. The van der Waals surface area contributed by atoms with E-state index in [-0.39, 0.29) is 5.91 Å². The van der Waals surface area contributed by atoms with Crippen LogP contribution in [0.5, 0.6) is 0 Å². The normalized spacial score (nSPS) is 20.8. The van der Waals surface area contributed by atoms with Gasteiger partial charge in [-0.2, -0.15) is 5.26 Å². The molecule has 0 aromatic heterocycles. The molecule has 0 radical (unpaired) electrons. The maximum absolute atomic E-state index is 12.9. The van der Waals surface area contributed by atoms with Crippen molar-refractivity contribution in [1.29, 1.82) is 5.26 Å². The summed E-state index contributed by atoms with van der Waals surface area (Å²) in [4.78, 5) is 17.1. The molecule has 4 nitrogen and oxygen atoms in total. The zero-order valence-corrected chi connectivity index (χ0v) is 13.5. The summed E-state index contributed by atoms with van der Waals surface area (Å²) in [5, 5.41) is 9.61. The Bertz CT molecular complexity index is 355. The van der Waals surface area contributed by atoms with Gasteiger partial charge in [-0.05, 0) is 26.3 Å². The molecule has 1 atom stereocenters. The number of amides is 1. The first-order valence-corrected chi connectivity index (χ1v) is 7.95. The highest BCUT2D eigenvalue weighted by Gasteiger charge is 2.41. The number of hydrogen-bond acceptors (Lipinski definition) is 3. The van der Waals surface area contributed by atoms with E-state index < -0.39 is 5.41 Å². The third kappa shape index (κ3) is 3.52. The molecule has 1 heterocycles. The molecule has 20 heavy (non-hydrogen) atoms. The number of piperazine rings is 1. The fourth-order valence-corrected chi connectivity index (χ4v) is 3.23. The zero-order chi connectivity index (χ0) is 15.2. The van der Waals surface area contributed by atoms with Crippen molar-refractivity contribution in [3.8, 4) is 6.07 Å². The fraction of sp³-hybridized carbons (Fsp3) is 0.875. The summed E-state index contributed by atoms with van der Waals surface area (Å²) >= 11 is 0. The quantitative estimate of drug-likeness (QED) is 0.751. The lowest BCUT2D eigenvalue weighted by Crippen LogP contribution is -2.56. The molecule has 0 bridgehead atoms. The van der Waals surface area contributed by atoms with Crippen LogP contribution in [0.15, 0.2) is 0 Å². The van der Waals surface area contributed by atoms with Gasteiger partial charge in [-0.1, -0.05) is 33.6 Å². The van der Waals surface area contributed by atoms with Crippen molar-refractivity contribution in [3.63, 3.8) is 0 Å². The molecule has 1 amide bonds. The van der Waals surface area contributed by atoms with Crippen molar-refractivity contribution in [2.45, 2.75) is 58.9 Å². The predicted molar refractivity (Wildman–Crippen MR) is 81.2 cm³/mol. The standard InChI is InChI=1S/C16H29N3O/c1-5-8-16(13-17,9-6-2)15(20)19-11-10-18(4)14(7-3)12-19/h14H,5-12H2,1-4H3. The Labute approximate surface area is 123 Å². The van der Waals surface area contributed by atoms with Crippen LogP contribution in [-0.4, -0.2) is 48.4 Å². The lowest BCUT2D eigenvalue weighted by atomic mass is 9.79. The molecule has 0 aromatic rings. The minimum absolute atomic E-state index is 0.0650. The second-order valence-corrected chi connectivity index (χ2v) is 5.99. The van der Waals surface area contributed by atoms with Crippen molar-refractivity contribution in [1.82, 2.24) is 9.80 Å². The van der Waals surface area contributed by atoms with Gasteiger partial charge in [-0.3, -0.25) is 9.69 Å². The van der Waals surface area contributed by atoms with Crippen LogP contribution in [0.2, 0.25) is 0 Å². The topological polar surface area (TPSA) is 47.3 Å². The second kappa shape index (κ2) is 7.64. The Morgan fingerprint density at radius 3 is 2.30 bits per heavy atom. The molecule has 1 fully saturated rings. The van der Waals surface area contributed by atoms with E-state index in [9.17, 15) is 10.1 Å². The smallest absolute Gasteiger partial charge is 0.243 e. The molecule has 1 unspecified atom stereocenters. The fourth-order valence-electron chi connectivity index (χ4n) is 3.23. The van der Waals surface area contributed by atoms with Crippen LogP contribution in [-0.2, 0) is 4.79 Å². The van der Waals surface area contributed by atoms with Gasteiger partial charge in [0.2, 0.25) is 5.91 Å². The van der Waals surface area contributed by atoms with E-state index in [4.69, 9.17) is 0 Å². The minimum Gasteiger partial charge on any atom is -0.338 e. The first-order valence-electron chi connectivity index (χ1n) is 7.95. The highest BCUT2D eigenvalue weighted by molar-refractivity contribution is 5.85. The number of carbonyl (C=O) groups excluding carboxylic acids is 1. The van der Waals surface area contributed by atoms with Crippen LogP contribution in [0, 0.1) is 16.7 Å². The summed E-state index contributed by atoms with van der Waals surface area (Å²) in [6, 6.07) is 2.78. The molecule has 0 saturated carbocycles. The maximum atomic E-state index is 12.9. The minimum atomic E-state index is -0.794. The van der Waals surface area contributed by atoms with Crippen LogP contribution in [0.1, 0.15) is 52.9 Å². The monoisotopic (exact) mass is 279 g/mol. The van der Waals surface area contributed by atoms with Crippen LogP contribution in [0.3, 0.4) is 0 Å². The molecule has 0 aliphatic carbocycles. The van der Waals surface area contributed by atoms with Crippen LogP contribution in [0.4, 0.5) is 0 Å². The summed E-state index contributed by atoms with van der Waals surface area (Å²) in [7, 11) is 2.12. The zero-order valence-electron chi connectivity index (χ0n) is 13.5. The van der Waals surface area contributed by atoms with Crippen LogP contribution in [0.25, 0.3) is 0 Å². The van der Waals surface area contributed by atoms with Gasteiger partial charge in [0.1, 0.15) is 5.41 Å². The average Bonchev–Trinajstić information content (AvgIpc) is 2.46. The molecule has 1 rings (SSSR count). The van der Waals surface area contributed by atoms with Crippen molar-refractivity contribution in [3.05, 3.63) is 0 Å². The van der Waals surface area contributed by atoms with E-state index in [1.54, 1.807) is 0 Å². The largest absolute Gasteiger partial charge is 0.338 e. The summed E-state index contributed by atoms with van der Waals surface area (Å²) in [5.74, 6) is 0.0650. The third-order valence-corrected chi connectivity index (χ3v) is 4.51. The average molecular weight is 279 g/mol. The molecular weight excluding hydrogens is 250 g/mol. The van der Waals surface area contributed by atoms with Crippen molar-refractivity contribution < 1.29 is 4.79 Å². The molecule has 4 heteroatoms. The third-order valence-electron chi connectivity index (χ3n) is 4.51. The molecule has 114 valence electrons. The Balaban J connectivity index is 2.87. The summed E-state index contributed by atoms with van der Waals surface area (Å²) in [5.41, 5.74) is -0.794. The lowest BCUT2D eigenvalue weighted by molar-refractivity contribution is -0.142. The molecular formula is C16H29N3O. The molecule has 0 spiro atoms. The van der Waals surface area contributed by atoms with E-state index in [2.05, 4.69) is 24.9 Å². The summed E-state index contributed by atoms with van der Waals surface area (Å²) in [6.07, 6.45) is 4.16. The van der Waals surface area contributed by atoms with Crippen molar-refractivity contribution >= 4 is 5.91 Å². The van der Waals surface area contributed by atoms with Gasteiger partial charge >= 0.3 is 0 Å². The Morgan fingerprint density at radius 2 is 1.85 bits per heavy atom. The van der Waals surface area contributed by atoms with E-state index in [1.165, 1.54) is 0 Å². The number of hydrogen-bond donors (Lipinski definition) is 0. The summed E-state index contributed by atoms with van der Waals surface area (Å²) in [6.45, 7) is 8.68. The Kier molecular flexibility index (Phi) is 6.48. The van der Waals surface area contributed by atoms with Gasteiger partial charge in [0.05, 0.1) is 6.07 Å². The van der Waals surface area contributed by atoms with E-state index in [0.717, 1.165) is 38.9 Å². The van der Waals surface area contributed by atoms with Gasteiger partial charge in [0.25, 0.3) is 0 Å². The Hall–Kier alpha value is -1.08. The molecule has 1 aliphatic rings. The number of nitriles is 1. The second-order valence-electron chi connectivity index (χ2n) is 5.99. The van der Waals surface area contributed by atoms with Gasteiger partial charge in [-0.15, -0.1) is 0 Å². The lowest BCUT2D eigenvalue weighted by Gasteiger charge is -2.42. The molecule has 0 N–H and O–H groups in total. The van der Waals surface area contributed by atoms with Crippen molar-refractivity contribution in [2.24, 2.45) is 5.41 Å².